The fraction of sp³-hybridized carbons (Fsp3) is 0.167. The van der Waals surface area contributed by atoms with Gasteiger partial charge in [-0.05, 0) is 54.1 Å². The second kappa shape index (κ2) is 10.6. The second-order valence-electron chi connectivity index (χ2n) is 9.09. The Balaban J connectivity index is 1.52. The monoisotopic (exact) mass is 505 g/mol. The molecule has 0 unspecified atom stereocenters. The smallest absolute Gasteiger partial charge is 0.253 e. The first-order valence-corrected chi connectivity index (χ1v) is 12.2. The van der Waals surface area contributed by atoms with Gasteiger partial charge in [0.05, 0.1) is 37.3 Å². The molecule has 0 atom stereocenters. The van der Waals surface area contributed by atoms with Crippen molar-refractivity contribution in [3.63, 3.8) is 0 Å². The van der Waals surface area contributed by atoms with Crippen LogP contribution in [-0.2, 0) is 13.1 Å². The number of carbonyl (C=O) groups is 2. The summed E-state index contributed by atoms with van der Waals surface area (Å²) in [6.07, 6.45) is 3.44. The van der Waals surface area contributed by atoms with E-state index < -0.39 is 0 Å². The Labute approximate surface area is 221 Å². The van der Waals surface area contributed by atoms with Crippen molar-refractivity contribution in [2.75, 3.05) is 21.2 Å². The highest BCUT2D eigenvalue weighted by molar-refractivity contribution is 6.16. The zero-order chi connectivity index (χ0) is 26.6. The predicted molar refractivity (Wildman–Crippen MR) is 145 cm³/mol. The van der Waals surface area contributed by atoms with Crippen molar-refractivity contribution in [1.29, 1.82) is 0 Å². The number of pyridine rings is 2. The lowest BCUT2D eigenvalue weighted by Crippen LogP contribution is -2.25. The first-order chi connectivity index (χ1) is 18.4. The minimum atomic E-state index is -0.296. The number of benzene rings is 2. The van der Waals surface area contributed by atoms with E-state index in [0.29, 0.717) is 23.2 Å². The van der Waals surface area contributed by atoms with Crippen molar-refractivity contribution in [3.8, 4) is 16.9 Å². The average Bonchev–Trinajstić information content (AvgIpc) is 3.38. The first kappa shape index (κ1) is 24.8. The molecule has 0 radical (unpaired) electrons. The van der Waals surface area contributed by atoms with Gasteiger partial charge in [-0.2, -0.15) is 0 Å². The number of amides is 2. The number of aliphatic imine (C=N–C) groups is 1. The van der Waals surface area contributed by atoms with Crippen LogP contribution in [0.1, 0.15) is 43.2 Å². The molecular weight excluding hydrogens is 478 g/mol. The van der Waals surface area contributed by atoms with Crippen molar-refractivity contribution in [1.82, 2.24) is 20.2 Å². The summed E-state index contributed by atoms with van der Waals surface area (Å²) in [5.74, 6) is 0.238. The molecule has 0 fully saturated rings. The maximum atomic E-state index is 13.1. The molecule has 38 heavy (non-hydrogen) atoms. The number of nitrogens with one attached hydrogen (secondary N) is 1. The van der Waals surface area contributed by atoms with Crippen LogP contribution in [-0.4, -0.2) is 53.6 Å². The number of aromatic nitrogens is 2. The van der Waals surface area contributed by atoms with E-state index >= 15 is 0 Å². The fourth-order valence-electron chi connectivity index (χ4n) is 4.37. The number of methoxy groups -OCH3 is 1. The summed E-state index contributed by atoms with van der Waals surface area (Å²) in [7, 11) is 5.00. The third kappa shape index (κ3) is 5.01. The van der Waals surface area contributed by atoms with Gasteiger partial charge in [-0.1, -0.05) is 18.2 Å². The lowest BCUT2D eigenvalue weighted by Gasteiger charge is -2.15. The van der Waals surface area contributed by atoms with Gasteiger partial charge in [0, 0.05) is 54.3 Å². The van der Waals surface area contributed by atoms with Crippen LogP contribution in [0.5, 0.6) is 5.75 Å². The van der Waals surface area contributed by atoms with Crippen molar-refractivity contribution < 1.29 is 14.3 Å². The van der Waals surface area contributed by atoms with Crippen molar-refractivity contribution in [2.45, 2.75) is 13.1 Å². The maximum absolute atomic E-state index is 13.1. The highest BCUT2D eigenvalue weighted by Gasteiger charge is 2.23. The van der Waals surface area contributed by atoms with Gasteiger partial charge in [-0.25, -0.2) is 0 Å². The molecule has 1 N–H and O–H groups in total. The predicted octanol–water partition coefficient (Wildman–Crippen LogP) is 4.14. The molecule has 0 saturated heterocycles. The van der Waals surface area contributed by atoms with Gasteiger partial charge in [-0.15, -0.1) is 0 Å². The van der Waals surface area contributed by atoms with Gasteiger partial charge < -0.3 is 15.0 Å². The number of rotatable bonds is 7. The molecule has 4 aromatic rings. The molecule has 3 heterocycles. The Kier molecular flexibility index (Phi) is 6.95. The Bertz CT molecular complexity index is 1550. The molecule has 5 rings (SSSR count). The van der Waals surface area contributed by atoms with Crippen LogP contribution >= 0.6 is 0 Å². The van der Waals surface area contributed by atoms with Gasteiger partial charge in [-0.3, -0.25) is 24.5 Å². The molecule has 2 aromatic carbocycles. The Morgan fingerprint density at radius 2 is 1.71 bits per heavy atom. The molecule has 0 saturated carbocycles. The number of carbonyl (C=O) groups excluding carboxylic acids is 2. The van der Waals surface area contributed by atoms with Crippen LogP contribution in [0.2, 0.25) is 0 Å². The average molecular weight is 506 g/mol. The van der Waals surface area contributed by atoms with E-state index in [0.717, 1.165) is 39.5 Å². The molecule has 1 aliphatic rings. The first-order valence-electron chi connectivity index (χ1n) is 12.2. The van der Waals surface area contributed by atoms with Crippen LogP contribution in [0, 0.1) is 0 Å². The summed E-state index contributed by atoms with van der Waals surface area (Å²) in [4.78, 5) is 41.2. The summed E-state index contributed by atoms with van der Waals surface area (Å²) in [6.45, 7) is 0.753. The number of fused-ring (bicyclic) bond motifs is 1. The van der Waals surface area contributed by atoms with E-state index in [-0.39, 0.29) is 18.4 Å². The largest absolute Gasteiger partial charge is 0.496 e. The Morgan fingerprint density at radius 1 is 0.921 bits per heavy atom. The number of hydrogen-bond donors (Lipinski definition) is 1. The molecule has 8 heteroatoms. The van der Waals surface area contributed by atoms with Crippen molar-refractivity contribution in [2.24, 2.45) is 4.99 Å². The summed E-state index contributed by atoms with van der Waals surface area (Å²) in [6, 6.07) is 20.5. The van der Waals surface area contributed by atoms with Crippen LogP contribution in [0.25, 0.3) is 11.1 Å². The molecule has 190 valence electrons. The molecule has 0 spiro atoms. The van der Waals surface area contributed by atoms with Gasteiger partial charge >= 0.3 is 0 Å². The van der Waals surface area contributed by atoms with E-state index in [2.05, 4.69) is 15.3 Å². The zero-order valence-electron chi connectivity index (χ0n) is 21.4. The lowest BCUT2D eigenvalue weighted by molar-refractivity contribution is 0.0827. The molecule has 2 aromatic heterocycles. The second-order valence-corrected chi connectivity index (χ2v) is 9.09. The molecule has 0 aliphatic carbocycles. The zero-order valence-corrected chi connectivity index (χ0v) is 21.4. The van der Waals surface area contributed by atoms with Crippen LogP contribution in [0.4, 0.5) is 0 Å². The normalized spacial score (nSPS) is 11.9. The molecular formula is C30H27N5O3. The topological polar surface area (TPSA) is 96.8 Å². The summed E-state index contributed by atoms with van der Waals surface area (Å²) >= 11 is 0. The van der Waals surface area contributed by atoms with E-state index in [1.807, 2.05) is 48.5 Å². The minimum Gasteiger partial charge on any atom is -0.496 e. The van der Waals surface area contributed by atoms with Gasteiger partial charge in [0.1, 0.15) is 5.75 Å². The Morgan fingerprint density at radius 3 is 2.47 bits per heavy atom. The third-order valence-corrected chi connectivity index (χ3v) is 6.31. The number of nitrogens with zero attached hydrogens (tertiary/aromatic N) is 4. The van der Waals surface area contributed by atoms with Gasteiger partial charge in [0.15, 0.2) is 0 Å². The third-order valence-electron chi connectivity index (χ3n) is 6.31. The summed E-state index contributed by atoms with van der Waals surface area (Å²) in [5, 5.41) is 2.90. The standard InChI is InChI=1S/C30H27N5O3/c1-35(2)30(37)21-13-19(12-20(14-21)29(36)34-17-23-8-6-7-11-31-23)22-15-25-26(32-16-22)18-33-28(25)24-9-4-5-10-27(24)38-3/h4-16H,17-18H2,1-3H3,(H,34,36). The summed E-state index contributed by atoms with van der Waals surface area (Å²) < 4.78 is 5.56. The minimum absolute atomic E-state index is 0.198. The highest BCUT2D eigenvalue weighted by Crippen LogP contribution is 2.31. The van der Waals surface area contributed by atoms with E-state index in [9.17, 15) is 9.59 Å². The van der Waals surface area contributed by atoms with E-state index in [4.69, 9.17) is 9.73 Å². The van der Waals surface area contributed by atoms with Crippen LogP contribution in [0.15, 0.2) is 84.1 Å². The highest BCUT2D eigenvalue weighted by atomic mass is 16.5. The molecule has 2 amide bonds. The molecule has 1 aliphatic heterocycles. The van der Waals surface area contributed by atoms with Crippen molar-refractivity contribution in [3.05, 3.63) is 113 Å². The SMILES string of the molecule is COc1ccccc1C1=NCc2ncc(-c3cc(C(=O)NCc4ccccn4)cc(C(=O)N(C)C)c3)cc21. The molecule has 8 nitrogen and oxygen atoms in total. The lowest BCUT2D eigenvalue weighted by atomic mass is 9.96. The fourth-order valence-corrected chi connectivity index (χ4v) is 4.37. The van der Waals surface area contributed by atoms with Crippen LogP contribution in [0.3, 0.4) is 0 Å². The van der Waals surface area contributed by atoms with Crippen molar-refractivity contribution >= 4 is 17.5 Å². The maximum Gasteiger partial charge on any atom is 0.253 e. The number of ether oxygens (including phenoxy) is 1. The Hall–Kier alpha value is -4.85. The van der Waals surface area contributed by atoms with E-state index in [1.54, 1.807) is 51.8 Å². The number of hydrogen-bond acceptors (Lipinski definition) is 6. The van der Waals surface area contributed by atoms with E-state index in [1.165, 1.54) is 4.90 Å². The molecule has 0 bridgehead atoms. The van der Waals surface area contributed by atoms with Gasteiger partial charge in [0.25, 0.3) is 11.8 Å². The van der Waals surface area contributed by atoms with Gasteiger partial charge in [0.2, 0.25) is 0 Å². The quantitative estimate of drug-likeness (QED) is 0.407. The number of para-hydroxylation sites is 1. The van der Waals surface area contributed by atoms with Crippen LogP contribution < -0.4 is 10.1 Å². The summed E-state index contributed by atoms with van der Waals surface area (Å²) in [5.41, 5.74) is 6.48.